The van der Waals surface area contributed by atoms with Gasteiger partial charge in [0.05, 0.1) is 23.4 Å². The van der Waals surface area contributed by atoms with Crippen molar-refractivity contribution in [1.29, 1.82) is 0 Å². The lowest BCUT2D eigenvalue weighted by Gasteiger charge is -2.24. The highest BCUT2D eigenvalue weighted by Gasteiger charge is 2.21. The predicted molar refractivity (Wildman–Crippen MR) is 106 cm³/mol. The number of nitrogens with one attached hydrogen (secondary N) is 1. The van der Waals surface area contributed by atoms with Gasteiger partial charge in [-0.15, -0.1) is 11.3 Å². The average molecular weight is 444 g/mol. The van der Waals surface area contributed by atoms with Gasteiger partial charge in [-0.1, -0.05) is 33.6 Å². The largest absolute Gasteiger partial charge is 0.377 e. The topological polar surface area (TPSA) is 41.6 Å². The predicted octanol–water partition coefficient (Wildman–Crippen LogP) is 4.78. The third-order valence-electron chi connectivity index (χ3n) is 4.02. The van der Waals surface area contributed by atoms with Crippen LogP contribution >= 0.6 is 38.9 Å². The molecule has 1 aromatic heterocycles. The van der Waals surface area contributed by atoms with E-state index in [0.717, 1.165) is 37.0 Å². The molecule has 7 heteroatoms. The molecule has 4 nitrogen and oxygen atoms in total. The summed E-state index contributed by atoms with van der Waals surface area (Å²) in [5.41, 5.74) is 0.628. The molecule has 2 aromatic rings. The quantitative estimate of drug-likeness (QED) is 0.669. The average Bonchev–Trinajstić information content (AvgIpc) is 3.24. The van der Waals surface area contributed by atoms with Gasteiger partial charge < -0.3 is 10.1 Å². The van der Waals surface area contributed by atoms with Crippen LogP contribution < -0.4 is 5.32 Å². The Hall–Kier alpha value is -0.920. The van der Waals surface area contributed by atoms with E-state index in [-0.39, 0.29) is 12.0 Å². The van der Waals surface area contributed by atoms with Crippen LogP contribution in [0.25, 0.3) is 0 Å². The van der Waals surface area contributed by atoms with Crippen molar-refractivity contribution in [2.24, 2.45) is 0 Å². The van der Waals surface area contributed by atoms with Gasteiger partial charge in [0.25, 0.3) is 0 Å². The third kappa shape index (κ3) is 5.79. The van der Waals surface area contributed by atoms with E-state index in [1.54, 1.807) is 23.5 Å². The summed E-state index contributed by atoms with van der Waals surface area (Å²) >= 11 is 11.3. The molecule has 1 N–H and O–H groups in total. The monoisotopic (exact) mass is 442 g/mol. The van der Waals surface area contributed by atoms with E-state index in [1.165, 1.54) is 4.88 Å². The van der Waals surface area contributed by atoms with Crippen molar-refractivity contribution in [2.75, 3.05) is 25.0 Å². The Morgan fingerprint density at radius 3 is 3.00 bits per heavy atom. The maximum atomic E-state index is 12.5. The van der Waals surface area contributed by atoms with Crippen molar-refractivity contribution in [3.8, 4) is 0 Å². The van der Waals surface area contributed by atoms with Gasteiger partial charge in [0.2, 0.25) is 5.91 Å². The molecule has 1 amide bonds. The number of benzene rings is 1. The SMILES string of the molecule is O=C(CN(Cc1cccs1)C[C@H]1CCCO1)Nc1ccc(Br)cc1Cl. The van der Waals surface area contributed by atoms with Crippen LogP contribution in [-0.2, 0) is 16.1 Å². The molecule has 0 spiro atoms. The molecule has 2 heterocycles. The molecule has 1 fully saturated rings. The Labute approximate surface area is 165 Å². The third-order valence-corrected chi connectivity index (χ3v) is 5.68. The van der Waals surface area contributed by atoms with Gasteiger partial charge >= 0.3 is 0 Å². The van der Waals surface area contributed by atoms with Gasteiger partial charge in [-0.25, -0.2) is 0 Å². The minimum Gasteiger partial charge on any atom is -0.377 e. The second-order valence-corrected chi connectivity index (χ2v) is 8.41. The van der Waals surface area contributed by atoms with Crippen LogP contribution in [0.5, 0.6) is 0 Å². The fourth-order valence-electron chi connectivity index (χ4n) is 2.87. The number of hydrogen-bond donors (Lipinski definition) is 1. The molecular formula is C18H20BrClN2O2S. The normalized spacial score (nSPS) is 17.2. The standard InChI is InChI=1S/C18H20BrClN2O2S/c19-13-5-6-17(16(20)9-13)21-18(23)12-22(10-14-3-1-7-24-14)11-15-4-2-8-25-15/h2,4-6,8-9,14H,1,3,7,10-12H2,(H,21,23)/t14-/m1/s1. The van der Waals surface area contributed by atoms with Crippen LogP contribution in [0.3, 0.4) is 0 Å². The lowest BCUT2D eigenvalue weighted by atomic mass is 10.2. The highest BCUT2D eigenvalue weighted by Crippen LogP contribution is 2.25. The molecule has 1 atom stereocenters. The van der Waals surface area contributed by atoms with Crippen LogP contribution in [0.1, 0.15) is 17.7 Å². The number of hydrogen-bond acceptors (Lipinski definition) is 4. The molecule has 0 unspecified atom stereocenters. The molecular weight excluding hydrogens is 424 g/mol. The highest BCUT2D eigenvalue weighted by molar-refractivity contribution is 9.10. The second kappa shape index (κ2) is 9.14. The van der Waals surface area contributed by atoms with Crippen molar-refractivity contribution >= 4 is 50.5 Å². The van der Waals surface area contributed by atoms with E-state index < -0.39 is 0 Å². The van der Waals surface area contributed by atoms with Gasteiger partial charge in [0.1, 0.15) is 0 Å². The minimum absolute atomic E-state index is 0.0706. The molecule has 1 aliphatic heterocycles. The van der Waals surface area contributed by atoms with E-state index in [4.69, 9.17) is 16.3 Å². The molecule has 3 rings (SSSR count). The van der Waals surface area contributed by atoms with Crippen LogP contribution in [0.2, 0.25) is 5.02 Å². The number of carbonyl (C=O) groups excluding carboxylic acids is 1. The first kappa shape index (κ1) is 18.9. The zero-order valence-corrected chi connectivity index (χ0v) is 16.9. The second-order valence-electron chi connectivity index (χ2n) is 6.06. The van der Waals surface area contributed by atoms with Crippen molar-refractivity contribution < 1.29 is 9.53 Å². The lowest BCUT2D eigenvalue weighted by molar-refractivity contribution is -0.117. The van der Waals surface area contributed by atoms with Gasteiger partial charge in [0, 0.05) is 29.0 Å². The van der Waals surface area contributed by atoms with Crippen LogP contribution in [0.15, 0.2) is 40.2 Å². The fraction of sp³-hybridized carbons (Fsp3) is 0.389. The number of anilines is 1. The van der Waals surface area contributed by atoms with E-state index in [0.29, 0.717) is 17.3 Å². The molecule has 0 radical (unpaired) electrons. The first-order chi connectivity index (χ1) is 12.1. The molecule has 134 valence electrons. The molecule has 1 aliphatic rings. The molecule has 25 heavy (non-hydrogen) atoms. The summed E-state index contributed by atoms with van der Waals surface area (Å²) < 4.78 is 6.62. The molecule has 1 saturated heterocycles. The highest BCUT2D eigenvalue weighted by atomic mass is 79.9. The molecule has 0 bridgehead atoms. The summed E-state index contributed by atoms with van der Waals surface area (Å²) in [5.74, 6) is -0.0706. The first-order valence-electron chi connectivity index (χ1n) is 8.21. The Morgan fingerprint density at radius 1 is 1.44 bits per heavy atom. The zero-order chi connectivity index (χ0) is 17.6. The fourth-order valence-corrected chi connectivity index (χ4v) is 4.33. The van der Waals surface area contributed by atoms with Gasteiger partial charge in [-0.3, -0.25) is 9.69 Å². The summed E-state index contributed by atoms with van der Waals surface area (Å²) in [6, 6.07) is 9.56. The van der Waals surface area contributed by atoms with Gasteiger partial charge in [0.15, 0.2) is 0 Å². The number of halogens is 2. The number of carbonyl (C=O) groups is 1. The number of amides is 1. The maximum Gasteiger partial charge on any atom is 0.238 e. The first-order valence-corrected chi connectivity index (χ1v) is 10.3. The zero-order valence-electron chi connectivity index (χ0n) is 13.7. The Kier molecular flexibility index (Phi) is 6.90. The summed E-state index contributed by atoms with van der Waals surface area (Å²) in [5, 5.41) is 5.48. The van der Waals surface area contributed by atoms with Gasteiger partial charge in [-0.05, 0) is 42.5 Å². The Balaban J connectivity index is 1.62. The van der Waals surface area contributed by atoms with Crippen LogP contribution in [0.4, 0.5) is 5.69 Å². The van der Waals surface area contributed by atoms with Crippen molar-refractivity contribution in [3.63, 3.8) is 0 Å². The molecule has 0 saturated carbocycles. The Morgan fingerprint density at radius 2 is 2.32 bits per heavy atom. The lowest BCUT2D eigenvalue weighted by Crippen LogP contribution is -2.37. The Bertz CT molecular complexity index is 705. The molecule has 1 aromatic carbocycles. The number of thiophene rings is 1. The smallest absolute Gasteiger partial charge is 0.238 e. The van der Waals surface area contributed by atoms with E-state index in [2.05, 4.69) is 37.6 Å². The van der Waals surface area contributed by atoms with Gasteiger partial charge in [-0.2, -0.15) is 0 Å². The summed E-state index contributed by atoms with van der Waals surface area (Å²) in [6.45, 7) is 2.64. The van der Waals surface area contributed by atoms with E-state index in [9.17, 15) is 4.79 Å². The van der Waals surface area contributed by atoms with Crippen LogP contribution in [0, 0.1) is 0 Å². The number of ether oxygens (including phenoxy) is 1. The van der Waals surface area contributed by atoms with E-state index in [1.807, 2.05) is 12.1 Å². The van der Waals surface area contributed by atoms with E-state index >= 15 is 0 Å². The summed E-state index contributed by atoms with van der Waals surface area (Å²) in [6.07, 6.45) is 2.36. The van der Waals surface area contributed by atoms with Crippen molar-refractivity contribution in [3.05, 3.63) is 50.1 Å². The summed E-state index contributed by atoms with van der Waals surface area (Å²) in [4.78, 5) is 15.9. The maximum absolute atomic E-state index is 12.5. The number of nitrogens with zero attached hydrogens (tertiary/aromatic N) is 1. The minimum atomic E-state index is -0.0706. The molecule has 0 aliphatic carbocycles. The van der Waals surface area contributed by atoms with Crippen LogP contribution in [-0.4, -0.2) is 36.6 Å². The van der Waals surface area contributed by atoms with Crippen molar-refractivity contribution in [2.45, 2.75) is 25.5 Å². The number of rotatable bonds is 7. The van der Waals surface area contributed by atoms with Crippen molar-refractivity contribution in [1.82, 2.24) is 4.90 Å². The summed E-state index contributed by atoms with van der Waals surface area (Å²) in [7, 11) is 0.